The Bertz CT molecular complexity index is 1080. The molecule has 0 atom stereocenters. The zero-order valence-electron chi connectivity index (χ0n) is 18.0. The number of aromatic nitrogens is 1. The highest BCUT2D eigenvalue weighted by molar-refractivity contribution is 7.22. The van der Waals surface area contributed by atoms with Crippen molar-refractivity contribution in [3.05, 3.63) is 52.0 Å². The van der Waals surface area contributed by atoms with Gasteiger partial charge in [-0.15, -0.1) is 0 Å². The number of fused-ring (bicyclic) bond motifs is 1. The number of piperidine rings is 1. The van der Waals surface area contributed by atoms with E-state index in [2.05, 4.69) is 4.90 Å². The van der Waals surface area contributed by atoms with Gasteiger partial charge in [0, 0.05) is 18.1 Å². The second-order valence-electron chi connectivity index (χ2n) is 7.92. The van der Waals surface area contributed by atoms with Gasteiger partial charge in [-0.2, -0.15) is 0 Å². The summed E-state index contributed by atoms with van der Waals surface area (Å²) in [6.07, 6.45) is 3.41. The number of halogens is 2. The SMILES string of the molecule is CCOC(=O)Cc1ccc(Cl)c(OCCC2CCN(c3nc4ccc(Cl)cc4s3)CC2)c1. The van der Waals surface area contributed by atoms with Gasteiger partial charge < -0.3 is 14.4 Å². The van der Waals surface area contributed by atoms with E-state index in [9.17, 15) is 4.79 Å². The summed E-state index contributed by atoms with van der Waals surface area (Å²) in [6, 6.07) is 11.3. The van der Waals surface area contributed by atoms with Crippen LogP contribution >= 0.6 is 34.5 Å². The van der Waals surface area contributed by atoms with Gasteiger partial charge in [-0.05, 0) is 68.0 Å². The number of rotatable bonds is 8. The number of carbonyl (C=O) groups excluding carboxylic acids is 1. The fraction of sp³-hybridized carbons (Fsp3) is 0.417. The van der Waals surface area contributed by atoms with Gasteiger partial charge in [0.1, 0.15) is 5.75 Å². The first-order valence-corrected chi connectivity index (χ1v) is 12.5. The largest absolute Gasteiger partial charge is 0.492 e. The van der Waals surface area contributed by atoms with Crippen LogP contribution in [0.5, 0.6) is 5.75 Å². The van der Waals surface area contributed by atoms with Gasteiger partial charge in [0.25, 0.3) is 0 Å². The number of thiazole rings is 1. The Balaban J connectivity index is 1.25. The van der Waals surface area contributed by atoms with E-state index in [4.69, 9.17) is 37.7 Å². The Morgan fingerprint density at radius 2 is 2.00 bits per heavy atom. The molecule has 5 nitrogen and oxygen atoms in total. The van der Waals surface area contributed by atoms with Crippen LogP contribution < -0.4 is 9.64 Å². The first-order chi connectivity index (χ1) is 15.5. The maximum atomic E-state index is 11.7. The normalized spacial score (nSPS) is 14.7. The molecular weight excluding hydrogens is 467 g/mol. The first kappa shape index (κ1) is 23.1. The number of hydrogen-bond acceptors (Lipinski definition) is 6. The van der Waals surface area contributed by atoms with Gasteiger partial charge in [-0.25, -0.2) is 4.98 Å². The van der Waals surface area contributed by atoms with Gasteiger partial charge in [0.15, 0.2) is 5.13 Å². The Morgan fingerprint density at radius 3 is 2.78 bits per heavy atom. The van der Waals surface area contributed by atoms with Gasteiger partial charge in [-0.3, -0.25) is 4.79 Å². The molecule has 0 aliphatic carbocycles. The molecule has 1 saturated heterocycles. The van der Waals surface area contributed by atoms with Crippen molar-refractivity contribution < 1.29 is 14.3 Å². The number of nitrogens with zero attached hydrogens (tertiary/aromatic N) is 2. The third-order valence-electron chi connectivity index (χ3n) is 5.66. The predicted molar refractivity (Wildman–Crippen MR) is 131 cm³/mol. The van der Waals surface area contributed by atoms with Crippen LogP contribution in [0.4, 0.5) is 5.13 Å². The number of hydrogen-bond donors (Lipinski definition) is 0. The molecule has 170 valence electrons. The monoisotopic (exact) mass is 492 g/mol. The topological polar surface area (TPSA) is 51.7 Å². The lowest BCUT2D eigenvalue weighted by Crippen LogP contribution is -2.34. The average molecular weight is 493 g/mol. The maximum absolute atomic E-state index is 11.7. The molecule has 0 N–H and O–H groups in total. The summed E-state index contributed by atoms with van der Waals surface area (Å²) in [4.78, 5) is 18.8. The molecule has 0 amide bonds. The van der Waals surface area contributed by atoms with Crippen molar-refractivity contribution in [2.45, 2.75) is 32.6 Å². The molecule has 32 heavy (non-hydrogen) atoms. The number of benzene rings is 2. The fourth-order valence-electron chi connectivity index (χ4n) is 3.92. The summed E-state index contributed by atoms with van der Waals surface area (Å²) in [5.41, 5.74) is 1.85. The summed E-state index contributed by atoms with van der Waals surface area (Å²) >= 11 is 14.1. The fourth-order valence-corrected chi connectivity index (χ4v) is 5.38. The third kappa shape index (κ3) is 5.85. The Hall–Kier alpha value is -2.02. The van der Waals surface area contributed by atoms with E-state index >= 15 is 0 Å². The quantitative estimate of drug-likeness (QED) is 0.340. The number of esters is 1. The molecule has 0 spiro atoms. The molecule has 1 aliphatic heterocycles. The van der Waals surface area contributed by atoms with Gasteiger partial charge in [-0.1, -0.05) is 40.6 Å². The zero-order chi connectivity index (χ0) is 22.5. The Morgan fingerprint density at radius 1 is 1.19 bits per heavy atom. The molecule has 2 aromatic carbocycles. The van der Waals surface area contributed by atoms with E-state index in [1.54, 1.807) is 24.3 Å². The summed E-state index contributed by atoms with van der Waals surface area (Å²) in [5.74, 6) is 0.986. The highest BCUT2D eigenvalue weighted by Crippen LogP contribution is 2.33. The molecule has 0 radical (unpaired) electrons. The van der Waals surface area contributed by atoms with Crippen LogP contribution in [0.3, 0.4) is 0 Å². The van der Waals surface area contributed by atoms with Gasteiger partial charge in [0.05, 0.1) is 34.9 Å². The zero-order valence-corrected chi connectivity index (χ0v) is 20.3. The van der Waals surface area contributed by atoms with Crippen LogP contribution in [0.15, 0.2) is 36.4 Å². The van der Waals surface area contributed by atoms with Crippen molar-refractivity contribution in [1.29, 1.82) is 0 Å². The minimum atomic E-state index is -0.247. The van der Waals surface area contributed by atoms with Crippen LogP contribution in [-0.4, -0.2) is 37.3 Å². The Kier molecular flexibility index (Phi) is 7.76. The third-order valence-corrected chi connectivity index (χ3v) is 7.28. The Labute approximate surface area is 202 Å². The first-order valence-electron chi connectivity index (χ1n) is 10.9. The van der Waals surface area contributed by atoms with E-state index in [0.717, 1.165) is 58.3 Å². The lowest BCUT2D eigenvalue weighted by Gasteiger charge is -2.31. The summed E-state index contributed by atoms with van der Waals surface area (Å²) in [6.45, 7) is 4.77. The summed E-state index contributed by atoms with van der Waals surface area (Å²) in [5, 5.41) is 2.38. The van der Waals surface area contributed by atoms with Gasteiger partial charge in [0.2, 0.25) is 0 Å². The predicted octanol–water partition coefficient (Wildman–Crippen LogP) is 6.39. The van der Waals surface area contributed by atoms with E-state index < -0.39 is 0 Å². The van der Waals surface area contributed by atoms with Crippen LogP contribution in [0.1, 0.15) is 31.7 Å². The summed E-state index contributed by atoms with van der Waals surface area (Å²) in [7, 11) is 0. The van der Waals surface area contributed by atoms with Crippen LogP contribution in [0, 0.1) is 5.92 Å². The molecule has 0 saturated carbocycles. The molecule has 0 unspecified atom stereocenters. The van der Waals surface area contributed by atoms with Crippen molar-refractivity contribution in [2.75, 3.05) is 31.2 Å². The van der Waals surface area contributed by atoms with E-state index in [1.165, 1.54) is 0 Å². The number of anilines is 1. The smallest absolute Gasteiger partial charge is 0.310 e. The molecule has 1 fully saturated rings. The second kappa shape index (κ2) is 10.7. The van der Waals surface area contributed by atoms with E-state index in [-0.39, 0.29) is 12.4 Å². The lowest BCUT2D eigenvalue weighted by atomic mass is 9.94. The van der Waals surface area contributed by atoms with Crippen LogP contribution in [0.25, 0.3) is 10.2 Å². The maximum Gasteiger partial charge on any atom is 0.310 e. The molecule has 4 rings (SSSR count). The number of ether oxygens (including phenoxy) is 2. The highest BCUT2D eigenvalue weighted by Gasteiger charge is 2.22. The lowest BCUT2D eigenvalue weighted by molar-refractivity contribution is -0.142. The molecule has 8 heteroatoms. The minimum Gasteiger partial charge on any atom is -0.492 e. The molecule has 1 aromatic heterocycles. The molecule has 2 heterocycles. The van der Waals surface area contributed by atoms with Gasteiger partial charge >= 0.3 is 5.97 Å². The molecular formula is C24H26Cl2N2O3S. The second-order valence-corrected chi connectivity index (χ2v) is 9.78. The van der Waals surface area contributed by atoms with Crippen molar-refractivity contribution in [1.82, 2.24) is 4.98 Å². The number of carbonyl (C=O) groups is 1. The standard InChI is InChI=1S/C24H26Cl2N2O3S/c1-2-30-23(29)14-17-3-5-19(26)21(13-17)31-12-9-16-7-10-28(11-8-16)24-27-20-6-4-18(25)15-22(20)32-24/h3-6,13,15-16H,2,7-12,14H2,1H3. The summed E-state index contributed by atoms with van der Waals surface area (Å²) < 4.78 is 12.1. The van der Waals surface area contributed by atoms with Crippen LogP contribution in [0.2, 0.25) is 10.0 Å². The van der Waals surface area contributed by atoms with Crippen molar-refractivity contribution >= 4 is 55.9 Å². The molecule has 1 aliphatic rings. The van der Waals surface area contributed by atoms with E-state index in [0.29, 0.717) is 29.9 Å². The van der Waals surface area contributed by atoms with Crippen molar-refractivity contribution in [3.63, 3.8) is 0 Å². The molecule has 0 bridgehead atoms. The van der Waals surface area contributed by atoms with Crippen molar-refractivity contribution in [3.8, 4) is 5.75 Å². The highest BCUT2D eigenvalue weighted by atomic mass is 35.5. The molecule has 3 aromatic rings. The minimum absolute atomic E-state index is 0.220. The van der Waals surface area contributed by atoms with Crippen molar-refractivity contribution in [2.24, 2.45) is 5.92 Å². The average Bonchev–Trinajstić information content (AvgIpc) is 3.20. The van der Waals surface area contributed by atoms with Crippen LogP contribution in [-0.2, 0) is 16.0 Å². The van der Waals surface area contributed by atoms with E-state index in [1.807, 2.05) is 30.3 Å².